The molecule has 0 saturated heterocycles. The molecule has 19 heavy (non-hydrogen) atoms. The molecule has 0 aliphatic heterocycles. The number of rotatable bonds is 8. The van der Waals surface area contributed by atoms with Gasteiger partial charge < -0.3 is 19.9 Å². The van der Waals surface area contributed by atoms with E-state index in [1.807, 2.05) is 12.1 Å². The van der Waals surface area contributed by atoms with Gasteiger partial charge in [-0.05, 0) is 56.5 Å². The zero-order chi connectivity index (χ0) is 14.3. The van der Waals surface area contributed by atoms with Crippen molar-refractivity contribution < 1.29 is 14.6 Å². The highest BCUT2D eigenvalue weighted by Gasteiger charge is 2.10. The summed E-state index contributed by atoms with van der Waals surface area (Å²) in [4.78, 5) is 0. The van der Waals surface area contributed by atoms with Crippen LogP contribution in [-0.2, 0) is 11.3 Å². The number of aliphatic hydroxyl groups excluding tert-OH is 1. The fourth-order valence-corrected chi connectivity index (χ4v) is 2.97. The van der Waals surface area contributed by atoms with E-state index in [-0.39, 0.29) is 6.61 Å². The molecular formula is C13H19Br2NO3. The van der Waals surface area contributed by atoms with Crippen molar-refractivity contribution in [1.29, 1.82) is 0 Å². The number of hydrogen-bond acceptors (Lipinski definition) is 4. The minimum atomic E-state index is -0.491. The molecule has 1 aromatic rings. The number of nitrogens with one attached hydrogen (secondary N) is 1. The molecule has 108 valence electrons. The van der Waals surface area contributed by atoms with E-state index in [4.69, 9.17) is 9.47 Å². The highest BCUT2D eigenvalue weighted by molar-refractivity contribution is 9.11. The summed E-state index contributed by atoms with van der Waals surface area (Å²) in [5.41, 5.74) is 1.14. The lowest BCUT2D eigenvalue weighted by Gasteiger charge is -2.13. The van der Waals surface area contributed by atoms with E-state index in [0.29, 0.717) is 12.4 Å². The predicted octanol–water partition coefficient (Wildman–Crippen LogP) is 2.71. The van der Waals surface area contributed by atoms with Crippen molar-refractivity contribution in [3.05, 3.63) is 26.6 Å². The first-order valence-corrected chi connectivity index (χ1v) is 7.61. The van der Waals surface area contributed by atoms with Crippen LogP contribution in [-0.4, -0.2) is 38.1 Å². The SMILES string of the molecule is COCCNCc1cc(Br)c(OCC(C)O)c(Br)c1. The zero-order valence-corrected chi connectivity index (χ0v) is 14.3. The second-order valence-corrected chi connectivity index (χ2v) is 5.93. The highest BCUT2D eigenvalue weighted by Crippen LogP contribution is 2.34. The Morgan fingerprint density at radius 3 is 2.47 bits per heavy atom. The van der Waals surface area contributed by atoms with Crippen LogP contribution in [0.5, 0.6) is 5.75 Å². The maximum absolute atomic E-state index is 9.24. The van der Waals surface area contributed by atoms with Gasteiger partial charge in [0.25, 0.3) is 0 Å². The first-order chi connectivity index (χ1) is 9.04. The number of aliphatic hydroxyl groups is 1. The van der Waals surface area contributed by atoms with Crippen LogP contribution in [0.15, 0.2) is 21.1 Å². The zero-order valence-electron chi connectivity index (χ0n) is 11.1. The Hall–Kier alpha value is -0.140. The number of halogens is 2. The molecule has 0 aliphatic carbocycles. The monoisotopic (exact) mass is 395 g/mol. The van der Waals surface area contributed by atoms with Gasteiger partial charge in [-0.2, -0.15) is 0 Å². The third-order valence-electron chi connectivity index (χ3n) is 2.34. The number of methoxy groups -OCH3 is 1. The predicted molar refractivity (Wildman–Crippen MR) is 82.6 cm³/mol. The van der Waals surface area contributed by atoms with Gasteiger partial charge in [-0.3, -0.25) is 0 Å². The highest BCUT2D eigenvalue weighted by atomic mass is 79.9. The fraction of sp³-hybridized carbons (Fsp3) is 0.538. The van der Waals surface area contributed by atoms with E-state index in [1.165, 1.54) is 0 Å². The van der Waals surface area contributed by atoms with Crippen LogP contribution in [0.1, 0.15) is 12.5 Å². The molecule has 2 N–H and O–H groups in total. The molecule has 0 aliphatic rings. The van der Waals surface area contributed by atoms with Gasteiger partial charge in [-0.15, -0.1) is 0 Å². The van der Waals surface area contributed by atoms with Crippen LogP contribution >= 0.6 is 31.9 Å². The first-order valence-electron chi connectivity index (χ1n) is 6.03. The molecule has 1 atom stereocenters. The van der Waals surface area contributed by atoms with E-state index in [1.54, 1.807) is 14.0 Å². The maximum atomic E-state index is 9.24. The number of ether oxygens (including phenoxy) is 2. The largest absolute Gasteiger partial charge is 0.489 e. The summed E-state index contributed by atoms with van der Waals surface area (Å²) in [5.74, 6) is 0.710. The van der Waals surface area contributed by atoms with Crippen molar-refractivity contribution in [3.63, 3.8) is 0 Å². The molecule has 0 fully saturated rings. The quantitative estimate of drug-likeness (QED) is 0.663. The minimum absolute atomic E-state index is 0.267. The Morgan fingerprint density at radius 2 is 1.95 bits per heavy atom. The van der Waals surface area contributed by atoms with Crippen LogP contribution < -0.4 is 10.1 Å². The van der Waals surface area contributed by atoms with E-state index in [0.717, 1.165) is 27.6 Å². The maximum Gasteiger partial charge on any atom is 0.147 e. The standard InChI is InChI=1S/C13H19Br2NO3/c1-9(17)8-19-13-11(14)5-10(6-12(13)15)7-16-3-4-18-2/h5-6,9,16-17H,3-4,7-8H2,1-2H3. The topological polar surface area (TPSA) is 50.7 Å². The minimum Gasteiger partial charge on any atom is -0.489 e. The van der Waals surface area contributed by atoms with E-state index in [9.17, 15) is 5.11 Å². The van der Waals surface area contributed by atoms with E-state index >= 15 is 0 Å². The van der Waals surface area contributed by atoms with Gasteiger partial charge in [0.2, 0.25) is 0 Å². The average Bonchev–Trinajstić information content (AvgIpc) is 2.33. The molecule has 1 aromatic carbocycles. The second-order valence-electron chi connectivity index (χ2n) is 4.22. The fourth-order valence-electron chi connectivity index (χ4n) is 1.46. The van der Waals surface area contributed by atoms with Gasteiger partial charge in [-0.25, -0.2) is 0 Å². The van der Waals surface area contributed by atoms with Crippen LogP contribution in [0, 0.1) is 0 Å². The smallest absolute Gasteiger partial charge is 0.147 e. The summed E-state index contributed by atoms with van der Waals surface area (Å²) in [6, 6.07) is 4.00. The van der Waals surface area contributed by atoms with Crippen LogP contribution in [0.25, 0.3) is 0 Å². The summed E-state index contributed by atoms with van der Waals surface area (Å²) in [6.45, 7) is 4.22. The molecule has 0 bridgehead atoms. The average molecular weight is 397 g/mol. The molecule has 0 radical (unpaired) electrons. The molecule has 4 nitrogen and oxygen atoms in total. The molecule has 0 aromatic heterocycles. The van der Waals surface area contributed by atoms with Gasteiger partial charge in [0.05, 0.1) is 21.7 Å². The van der Waals surface area contributed by atoms with Crippen molar-refractivity contribution in [2.75, 3.05) is 26.9 Å². The van der Waals surface area contributed by atoms with Gasteiger partial charge in [0.15, 0.2) is 0 Å². The van der Waals surface area contributed by atoms with Crippen molar-refractivity contribution in [1.82, 2.24) is 5.32 Å². The molecule has 1 unspecified atom stereocenters. The summed E-state index contributed by atoms with van der Waals surface area (Å²) in [7, 11) is 1.68. The van der Waals surface area contributed by atoms with Crippen molar-refractivity contribution in [2.45, 2.75) is 19.6 Å². The molecule has 0 heterocycles. The Kier molecular flexibility index (Phi) is 7.94. The molecule has 0 amide bonds. The third-order valence-corrected chi connectivity index (χ3v) is 3.52. The molecule has 1 rings (SSSR count). The molecular weight excluding hydrogens is 378 g/mol. The van der Waals surface area contributed by atoms with Crippen molar-refractivity contribution in [3.8, 4) is 5.75 Å². The van der Waals surface area contributed by atoms with E-state index < -0.39 is 6.10 Å². The number of hydrogen-bond donors (Lipinski definition) is 2. The normalized spacial score (nSPS) is 12.5. The Balaban J connectivity index is 2.62. The van der Waals surface area contributed by atoms with Crippen LogP contribution in [0.2, 0.25) is 0 Å². The Bertz CT molecular complexity index is 376. The molecule has 0 saturated carbocycles. The first kappa shape index (κ1) is 16.9. The van der Waals surface area contributed by atoms with E-state index in [2.05, 4.69) is 37.2 Å². The Labute approximate surface area is 130 Å². The van der Waals surface area contributed by atoms with Gasteiger partial charge in [0.1, 0.15) is 12.4 Å². The molecule has 6 heteroatoms. The lowest BCUT2D eigenvalue weighted by atomic mass is 10.2. The number of benzene rings is 1. The Morgan fingerprint density at radius 1 is 1.32 bits per heavy atom. The van der Waals surface area contributed by atoms with Crippen LogP contribution in [0.4, 0.5) is 0 Å². The summed E-state index contributed by atoms with van der Waals surface area (Å²) in [5, 5.41) is 12.5. The van der Waals surface area contributed by atoms with Crippen LogP contribution in [0.3, 0.4) is 0 Å². The third kappa shape index (κ3) is 6.23. The van der Waals surface area contributed by atoms with Crippen molar-refractivity contribution in [2.24, 2.45) is 0 Å². The lowest BCUT2D eigenvalue weighted by Crippen LogP contribution is -2.18. The lowest BCUT2D eigenvalue weighted by molar-refractivity contribution is 0.122. The summed E-state index contributed by atoms with van der Waals surface area (Å²) >= 11 is 6.96. The van der Waals surface area contributed by atoms with Crippen molar-refractivity contribution >= 4 is 31.9 Å². The summed E-state index contributed by atoms with van der Waals surface area (Å²) < 4.78 is 12.3. The van der Waals surface area contributed by atoms with Gasteiger partial charge in [0, 0.05) is 20.2 Å². The summed E-state index contributed by atoms with van der Waals surface area (Å²) in [6.07, 6.45) is -0.491. The van der Waals surface area contributed by atoms with Gasteiger partial charge >= 0.3 is 0 Å². The molecule has 0 spiro atoms. The second kappa shape index (κ2) is 8.92. The van der Waals surface area contributed by atoms with Gasteiger partial charge in [-0.1, -0.05) is 0 Å².